The summed E-state index contributed by atoms with van der Waals surface area (Å²) in [4.78, 5) is 27.8. The van der Waals surface area contributed by atoms with E-state index in [1.54, 1.807) is 18.9 Å². The van der Waals surface area contributed by atoms with Gasteiger partial charge < -0.3 is 15.0 Å². The van der Waals surface area contributed by atoms with E-state index in [4.69, 9.17) is 4.74 Å². The lowest BCUT2D eigenvalue weighted by Crippen LogP contribution is -2.38. The Morgan fingerprint density at radius 3 is 2.39 bits per heavy atom. The first-order valence-electron chi connectivity index (χ1n) is 10.9. The van der Waals surface area contributed by atoms with Crippen LogP contribution >= 0.6 is 0 Å². The lowest BCUT2D eigenvalue weighted by Gasteiger charge is -2.32. The van der Waals surface area contributed by atoms with Gasteiger partial charge in [0.2, 0.25) is 5.91 Å². The van der Waals surface area contributed by atoms with Gasteiger partial charge in [-0.3, -0.25) is 9.36 Å². The molecule has 2 aromatic carbocycles. The van der Waals surface area contributed by atoms with E-state index < -0.39 is 0 Å². The number of piperidine rings is 1. The van der Waals surface area contributed by atoms with Crippen molar-refractivity contribution in [3.8, 4) is 17.3 Å². The number of amides is 1. The van der Waals surface area contributed by atoms with E-state index in [2.05, 4.69) is 25.2 Å². The highest BCUT2D eigenvalue weighted by molar-refractivity contribution is 5.92. The summed E-state index contributed by atoms with van der Waals surface area (Å²) in [5.74, 6) is 3.16. The second-order valence-corrected chi connectivity index (χ2v) is 7.89. The summed E-state index contributed by atoms with van der Waals surface area (Å²) >= 11 is 0. The fourth-order valence-electron chi connectivity index (χ4n) is 3.89. The van der Waals surface area contributed by atoms with Crippen molar-refractivity contribution < 1.29 is 9.53 Å². The molecule has 5 rings (SSSR count). The lowest BCUT2D eigenvalue weighted by atomic mass is 9.96. The van der Waals surface area contributed by atoms with Crippen molar-refractivity contribution >= 4 is 17.4 Å². The molecule has 1 aliphatic rings. The van der Waals surface area contributed by atoms with Gasteiger partial charge in [0.15, 0.2) is 0 Å². The molecule has 166 valence electrons. The number of rotatable bonds is 6. The van der Waals surface area contributed by atoms with Gasteiger partial charge in [-0.2, -0.15) is 0 Å². The first kappa shape index (κ1) is 20.7. The number of hydrogen-bond acceptors (Lipinski definition) is 6. The number of para-hydroxylation sites is 1. The molecule has 1 fully saturated rings. The Balaban J connectivity index is 1.15. The maximum absolute atomic E-state index is 12.8. The van der Waals surface area contributed by atoms with Crippen molar-refractivity contribution in [1.82, 2.24) is 19.5 Å². The minimum absolute atomic E-state index is 0.0311. The number of ether oxygens (including phenoxy) is 1. The monoisotopic (exact) mass is 440 g/mol. The topological polar surface area (TPSA) is 85.2 Å². The first-order chi connectivity index (χ1) is 16.2. The van der Waals surface area contributed by atoms with Crippen LogP contribution in [0.15, 0.2) is 85.7 Å². The van der Waals surface area contributed by atoms with Crippen LogP contribution in [0.5, 0.6) is 11.5 Å². The number of aromatic nitrogens is 4. The highest BCUT2D eigenvalue weighted by atomic mass is 16.5. The minimum Gasteiger partial charge on any atom is -0.457 e. The molecule has 0 unspecified atom stereocenters. The van der Waals surface area contributed by atoms with E-state index in [1.807, 2.05) is 71.4 Å². The van der Waals surface area contributed by atoms with Crippen LogP contribution in [0.1, 0.15) is 12.8 Å². The zero-order valence-electron chi connectivity index (χ0n) is 18.0. The molecule has 1 N–H and O–H groups in total. The van der Waals surface area contributed by atoms with E-state index in [-0.39, 0.29) is 11.8 Å². The summed E-state index contributed by atoms with van der Waals surface area (Å²) in [6.07, 6.45) is 8.38. The molecule has 33 heavy (non-hydrogen) atoms. The van der Waals surface area contributed by atoms with Crippen LogP contribution in [-0.2, 0) is 4.79 Å². The smallest absolute Gasteiger partial charge is 0.227 e. The summed E-state index contributed by atoms with van der Waals surface area (Å²) in [6.45, 7) is 1.53. The van der Waals surface area contributed by atoms with Crippen LogP contribution < -0.4 is 15.0 Å². The average molecular weight is 441 g/mol. The Labute approximate surface area is 191 Å². The Hall–Kier alpha value is -4.20. The van der Waals surface area contributed by atoms with Gasteiger partial charge in [-0.05, 0) is 49.2 Å². The normalized spacial score (nSPS) is 14.1. The Morgan fingerprint density at radius 1 is 0.939 bits per heavy atom. The van der Waals surface area contributed by atoms with Crippen molar-refractivity contribution in [3.63, 3.8) is 0 Å². The Kier molecular flexibility index (Phi) is 5.97. The fraction of sp³-hybridized carbons (Fsp3) is 0.200. The van der Waals surface area contributed by atoms with Gasteiger partial charge in [-0.1, -0.05) is 18.2 Å². The summed E-state index contributed by atoms with van der Waals surface area (Å²) < 4.78 is 7.66. The molecule has 1 aliphatic heterocycles. The molecule has 1 amide bonds. The second-order valence-electron chi connectivity index (χ2n) is 7.89. The number of hydrogen-bond donors (Lipinski definition) is 1. The van der Waals surface area contributed by atoms with Crippen LogP contribution in [0, 0.1) is 5.92 Å². The van der Waals surface area contributed by atoms with Gasteiger partial charge in [-0.15, -0.1) is 0 Å². The highest BCUT2D eigenvalue weighted by Gasteiger charge is 2.26. The Morgan fingerprint density at radius 2 is 1.67 bits per heavy atom. The molecular formula is C25H24N6O2. The van der Waals surface area contributed by atoms with Crippen molar-refractivity contribution in [2.24, 2.45) is 5.92 Å². The van der Waals surface area contributed by atoms with Crippen molar-refractivity contribution in [3.05, 3.63) is 85.7 Å². The quantitative estimate of drug-likeness (QED) is 0.481. The van der Waals surface area contributed by atoms with E-state index in [9.17, 15) is 4.79 Å². The Bertz CT molecular complexity index is 1190. The predicted octanol–water partition coefficient (Wildman–Crippen LogP) is 4.31. The zero-order valence-corrected chi connectivity index (χ0v) is 18.0. The van der Waals surface area contributed by atoms with Crippen LogP contribution in [0.3, 0.4) is 0 Å². The van der Waals surface area contributed by atoms with Gasteiger partial charge in [0, 0.05) is 43.2 Å². The molecule has 0 radical (unpaired) electrons. The van der Waals surface area contributed by atoms with Crippen molar-refractivity contribution in [2.45, 2.75) is 12.8 Å². The average Bonchev–Trinajstić information content (AvgIpc) is 3.41. The van der Waals surface area contributed by atoms with Crippen molar-refractivity contribution in [1.29, 1.82) is 0 Å². The van der Waals surface area contributed by atoms with Crippen molar-refractivity contribution in [2.75, 3.05) is 23.3 Å². The number of imidazole rings is 1. The van der Waals surface area contributed by atoms with Gasteiger partial charge >= 0.3 is 0 Å². The van der Waals surface area contributed by atoms with Crippen LogP contribution in [0.4, 0.5) is 11.5 Å². The molecule has 2 aromatic heterocycles. The predicted molar refractivity (Wildman–Crippen MR) is 126 cm³/mol. The number of nitrogens with one attached hydrogen (secondary N) is 1. The molecular weight excluding hydrogens is 416 g/mol. The third kappa shape index (κ3) is 5.01. The van der Waals surface area contributed by atoms with E-state index in [1.165, 1.54) is 0 Å². The third-order valence-electron chi connectivity index (χ3n) is 5.70. The summed E-state index contributed by atoms with van der Waals surface area (Å²) in [5.41, 5.74) is 0.767. The van der Waals surface area contributed by atoms with Crippen LogP contribution in [0.25, 0.3) is 5.82 Å². The van der Waals surface area contributed by atoms with Gasteiger partial charge in [-0.25, -0.2) is 15.0 Å². The molecule has 0 bridgehead atoms. The van der Waals surface area contributed by atoms with Gasteiger partial charge in [0.05, 0.1) is 0 Å². The number of carbonyl (C=O) groups excluding carboxylic acids is 1. The number of carbonyl (C=O) groups is 1. The minimum atomic E-state index is -0.0311. The maximum atomic E-state index is 12.8. The molecule has 0 spiro atoms. The highest BCUT2D eigenvalue weighted by Crippen LogP contribution is 2.26. The molecule has 4 aromatic rings. The lowest BCUT2D eigenvalue weighted by molar-refractivity contribution is -0.120. The third-order valence-corrected chi connectivity index (χ3v) is 5.70. The summed E-state index contributed by atoms with van der Waals surface area (Å²) in [7, 11) is 0. The maximum Gasteiger partial charge on any atom is 0.227 e. The molecule has 0 saturated carbocycles. The van der Waals surface area contributed by atoms with Crippen LogP contribution in [-0.4, -0.2) is 38.5 Å². The first-order valence-corrected chi connectivity index (χ1v) is 10.9. The largest absolute Gasteiger partial charge is 0.457 e. The van der Waals surface area contributed by atoms with Gasteiger partial charge in [0.25, 0.3) is 0 Å². The summed E-state index contributed by atoms with van der Waals surface area (Å²) in [6, 6.07) is 19.0. The van der Waals surface area contributed by atoms with E-state index in [0.29, 0.717) is 0 Å². The zero-order chi connectivity index (χ0) is 22.5. The standard InChI is InChI=1S/C25H24N6O2/c32-25(29-20-6-8-22(9-7-20)33-21-4-2-1-3-5-21)19-10-13-30(14-11-19)23-16-24(28-17-27-23)31-15-12-26-18-31/h1-9,12,15-19H,10-11,13-14H2,(H,29,32). The molecule has 8 nitrogen and oxygen atoms in total. The van der Waals surface area contributed by atoms with E-state index >= 15 is 0 Å². The molecule has 1 saturated heterocycles. The number of benzene rings is 2. The summed E-state index contributed by atoms with van der Waals surface area (Å²) in [5, 5.41) is 3.04. The van der Waals surface area contributed by atoms with Gasteiger partial charge in [0.1, 0.15) is 35.8 Å². The second kappa shape index (κ2) is 9.52. The number of anilines is 2. The molecule has 0 atom stereocenters. The SMILES string of the molecule is O=C(Nc1ccc(Oc2ccccc2)cc1)C1CCN(c2cc(-n3ccnc3)ncn2)CC1. The van der Waals surface area contributed by atoms with Crippen LogP contribution in [0.2, 0.25) is 0 Å². The fourth-order valence-corrected chi connectivity index (χ4v) is 3.89. The molecule has 0 aliphatic carbocycles. The molecule has 8 heteroatoms. The molecule has 3 heterocycles. The van der Waals surface area contributed by atoms with E-state index in [0.717, 1.165) is 54.8 Å². The number of nitrogens with zero attached hydrogens (tertiary/aromatic N) is 5.